The first-order chi connectivity index (χ1) is 7.00. The summed E-state index contributed by atoms with van der Waals surface area (Å²) in [6.07, 6.45) is 0.708. The van der Waals surface area contributed by atoms with Crippen molar-refractivity contribution in [2.75, 3.05) is 0 Å². The Kier molecular flexibility index (Phi) is 4.43. The first-order valence-electron chi connectivity index (χ1n) is 4.67. The molecule has 0 spiro atoms. The summed E-state index contributed by atoms with van der Waals surface area (Å²) in [5, 5.41) is 9.83. The van der Waals surface area contributed by atoms with Crippen molar-refractivity contribution < 1.29 is 9.90 Å². The van der Waals surface area contributed by atoms with E-state index >= 15 is 0 Å². The zero-order valence-electron chi connectivity index (χ0n) is 8.34. The highest BCUT2D eigenvalue weighted by Gasteiger charge is 2.11. The maximum atomic E-state index is 10.4. The average Bonchev–Trinajstić information content (AvgIpc) is 2.18. The third-order valence-electron chi connectivity index (χ3n) is 2.28. The van der Waals surface area contributed by atoms with E-state index in [1.807, 2.05) is 6.92 Å². The second-order valence-corrected chi connectivity index (χ2v) is 4.34. The van der Waals surface area contributed by atoms with Gasteiger partial charge >= 0.3 is 5.97 Å². The number of carbonyl (C=O) groups is 1. The largest absolute Gasteiger partial charge is 0.481 e. The lowest BCUT2D eigenvalue weighted by molar-refractivity contribution is -0.137. The number of rotatable bonds is 4. The van der Waals surface area contributed by atoms with Crippen LogP contribution in [-0.4, -0.2) is 11.1 Å². The van der Waals surface area contributed by atoms with E-state index in [-0.39, 0.29) is 12.3 Å². The molecule has 0 aliphatic carbocycles. The number of aliphatic carboxylic acids is 1. The van der Waals surface area contributed by atoms with Crippen molar-refractivity contribution >= 4 is 29.2 Å². The number of carboxylic acids is 1. The Bertz CT molecular complexity index is 364. The number of benzene rings is 1. The molecule has 0 aromatic heterocycles. The highest BCUT2D eigenvalue weighted by Crippen LogP contribution is 2.30. The van der Waals surface area contributed by atoms with E-state index < -0.39 is 5.97 Å². The molecule has 1 atom stereocenters. The molecule has 1 N–H and O–H groups in total. The van der Waals surface area contributed by atoms with Crippen LogP contribution in [-0.2, 0) is 4.79 Å². The summed E-state index contributed by atoms with van der Waals surface area (Å²) in [6, 6.07) is 5.24. The topological polar surface area (TPSA) is 37.3 Å². The second-order valence-electron chi connectivity index (χ2n) is 3.50. The molecule has 0 radical (unpaired) electrons. The van der Waals surface area contributed by atoms with Crippen LogP contribution >= 0.6 is 23.2 Å². The van der Waals surface area contributed by atoms with E-state index in [1.54, 1.807) is 18.2 Å². The summed E-state index contributed by atoms with van der Waals surface area (Å²) < 4.78 is 0. The van der Waals surface area contributed by atoms with Crippen LogP contribution in [0, 0.1) is 0 Å². The fraction of sp³-hybridized carbons (Fsp3) is 0.364. The molecule has 1 aromatic rings. The van der Waals surface area contributed by atoms with Crippen molar-refractivity contribution in [2.24, 2.45) is 0 Å². The minimum absolute atomic E-state index is 0.104. The van der Waals surface area contributed by atoms with Crippen molar-refractivity contribution in [3.63, 3.8) is 0 Å². The van der Waals surface area contributed by atoms with Crippen molar-refractivity contribution in [3.8, 4) is 0 Å². The van der Waals surface area contributed by atoms with Crippen LogP contribution in [0.15, 0.2) is 18.2 Å². The van der Waals surface area contributed by atoms with E-state index in [4.69, 9.17) is 28.3 Å². The molecule has 0 aliphatic rings. The summed E-state index contributed by atoms with van der Waals surface area (Å²) in [5.74, 6) is -0.688. The Balaban J connectivity index is 2.76. The van der Waals surface area contributed by atoms with Gasteiger partial charge in [-0.05, 0) is 36.1 Å². The van der Waals surface area contributed by atoms with Gasteiger partial charge in [0.05, 0.1) is 0 Å². The molecule has 0 bridgehead atoms. The molecule has 82 valence electrons. The molecule has 0 fully saturated rings. The van der Waals surface area contributed by atoms with Gasteiger partial charge in [-0.3, -0.25) is 4.79 Å². The molecule has 15 heavy (non-hydrogen) atoms. The fourth-order valence-corrected chi connectivity index (χ4v) is 1.87. The van der Waals surface area contributed by atoms with Crippen molar-refractivity contribution in [1.29, 1.82) is 0 Å². The molecular formula is C11H12Cl2O2. The second kappa shape index (κ2) is 5.38. The van der Waals surface area contributed by atoms with Gasteiger partial charge in [0, 0.05) is 16.5 Å². The normalized spacial score (nSPS) is 12.5. The summed E-state index contributed by atoms with van der Waals surface area (Å²) in [5.41, 5.74) is 0.908. The Hall–Kier alpha value is -0.730. The summed E-state index contributed by atoms with van der Waals surface area (Å²) in [6.45, 7) is 1.94. The van der Waals surface area contributed by atoms with Gasteiger partial charge < -0.3 is 5.11 Å². The highest BCUT2D eigenvalue weighted by molar-refractivity contribution is 6.33. The van der Waals surface area contributed by atoms with E-state index in [0.29, 0.717) is 16.5 Å². The monoisotopic (exact) mass is 246 g/mol. The minimum Gasteiger partial charge on any atom is -0.481 e. The van der Waals surface area contributed by atoms with Crippen molar-refractivity contribution in [3.05, 3.63) is 33.8 Å². The van der Waals surface area contributed by atoms with E-state index in [9.17, 15) is 4.79 Å². The Labute approximate surface area is 98.8 Å². The third kappa shape index (κ3) is 3.73. The molecule has 4 heteroatoms. The lowest BCUT2D eigenvalue weighted by Crippen LogP contribution is -2.00. The third-order valence-corrected chi connectivity index (χ3v) is 2.86. The van der Waals surface area contributed by atoms with Crippen LogP contribution in [0.4, 0.5) is 0 Å². The summed E-state index contributed by atoms with van der Waals surface area (Å²) in [4.78, 5) is 10.4. The minimum atomic E-state index is -0.792. The molecular weight excluding hydrogens is 235 g/mol. The first kappa shape index (κ1) is 12.3. The summed E-state index contributed by atoms with van der Waals surface area (Å²) in [7, 11) is 0. The summed E-state index contributed by atoms with van der Waals surface area (Å²) >= 11 is 11.8. The predicted octanol–water partition coefficient (Wildman–Crippen LogP) is 3.96. The lowest BCUT2D eigenvalue weighted by atomic mass is 9.96. The molecule has 0 saturated carbocycles. The molecule has 1 aromatic carbocycles. The molecule has 1 rings (SSSR count). The van der Waals surface area contributed by atoms with Crippen LogP contribution in [0.25, 0.3) is 0 Å². The van der Waals surface area contributed by atoms with Gasteiger partial charge in [-0.1, -0.05) is 30.1 Å². The standard InChI is InChI=1S/C11H12Cl2O2/c1-7(2-5-11(14)15)9-6-8(12)3-4-10(9)13/h3-4,6-7H,2,5H2,1H3,(H,14,15). The number of hydrogen-bond acceptors (Lipinski definition) is 1. The molecule has 0 heterocycles. The Morgan fingerprint density at radius 1 is 1.47 bits per heavy atom. The van der Waals surface area contributed by atoms with Crippen molar-refractivity contribution in [1.82, 2.24) is 0 Å². The Morgan fingerprint density at radius 2 is 2.13 bits per heavy atom. The van der Waals surface area contributed by atoms with Gasteiger partial charge in [-0.15, -0.1) is 0 Å². The zero-order chi connectivity index (χ0) is 11.4. The highest BCUT2D eigenvalue weighted by atomic mass is 35.5. The number of halogens is 2. The fourth-order valence-electron chi connectivity index (χ4n) is 1.39. The Morgan fingerprint density at radius 3 is 2.73 bits per heavy atom. The van der Waals surface area contributed by atoms with Gasteiger partial charge in [-0.2, -0.15) is 0 Å². The number of hydrogen-bond donors (Lipinski definition) is 1. The van der Waals surface area contributed by atoms with Gasteiger partial charge in [0.1, 0.15) is 0 Å². The maximum Gasteiger partial charge on any atom is 0.303 e. The molecule has 1 unspecified atom stereocenters. The van der Waals surface area contributed by atoms with E-state index in [2.05, 4.69) is 0 Å². The van der Waals surface area contributed by atoms with Gasteiger partial charge in [0.15, 0.2) is 0 Å². The smallest absolute Gasteiger partial charge is 0.303 e. The van der Waals surface area contributed by atoms with E-state index in [1.165, 1.54) is 0 Å². The molecule has 0 saturated heterocycles. The average molecular weight is 247 g/mol. The quantitative estimate of drug-likeness (QED) is 0.874. The van der Waals surface area contributed by atoms with Crippen LogP contribution in [0.2, 0.25) is 10.0 Å². The molecule has 0 aliphatic heterocycles. The predicted molar refractivity (Wildman–Crippen MR) is 61.7 cm³/mol. The molecule has 2 nitrogen and oxygen atoms in total. The molecule has 0 amide bonds. The maximum absolute atomic E-state index is 10.4. The van der Waals surface area contributed by atoms with Crippen molar-refractivity contribution in [2.45, 2.75) is 25.7 Å². The van der Waals surface area contributed by atoms with Gasteiger partial charge in [0.25, 0.3) is 0 Å². The van der Waals surface area contributed by atoms with Crippen LogP contribution < -0.4 is 0 Å². The van der Waals surface area contributed by atoms with Gasteiger partial charge in [-0.25, -0.2) is 0 Å². The van der Waals surface area contributed by atoms with E-state index in [0.717, 1.165) is 5.56 Å². The zero-order valence-corrected chi connectivity index (χ0v) is 9.85. The number of carboxylic acid groups (broad SMARTS) is 1. The van der Waals surface area contributed by atoms with Crippen LogP contribution in [0.1, 0.15) is 31.2 Å². The lowest BCUT2D eigenvalue weighted by Gasteiger charge is -2.12. The van der Waals surface area contributed by atoms with Gasteiger partial charge in [0.2, 0.25) is 0 Å². The van der Waals surface area contributed by atoms with Crippen LogP contribution in [0.3, 0.4) is 0 Å². The van der Waals surface area contributed by atoms with Crippen LogP contribution in [0.5, 0.6) is 0 Å². The SMILES string of the molecule is CC(CCC(=O)O)c1cc(Cl)ccc1Cl. The first-order valence-corrected chi connectivity index (χ1v) is 5.43.